The largest absolute Gasteiger partial charge is 0.398 e. The van der Waals surface area contributed by atoms with Gasteiger partial charge in [0.1, 0.15) is 0 Å². The first-order chi connectivity index (χ1) is 8.56. The first-order valence-corrected chi connectivity index (χ1v) is 5.98. The van der Waals surface area contributed by atoms with Crippen LogP contribution in [-0.4, -0.2) is 16.0 Å². The van der Waals surface area contributed by atoms with Crippen LogP contribution >= 0.6 is 15.9 Å². The van der Waals surface area contributed by atoms with Crippen molar-refractivity contribution in [3.05, 3.63) is 40.0 Å². The molecule has 18 heavy (non-hydrogen) atoms. The molecule has 0 saturated heterocycles. The molecule has 0 saturated carbocycles. The first kappa shape index (κ1) is 12.6. The van der Waals surface area contributed by atoms with Gasteiger partial charge in [0.05, 0.1) is 6.54 Å². The minimum atomic E-state index is -0.224. The number of halogens is 1. The van der Waals surface area contributed by atoms with Crippen LogP contribution in [0.2, 0.25) is 0 Å². The van der Waals surface area contributed by atoms with Gasteiger partial charge in [-0.15, -0.1) is 0 Å². The van der Waals surface area contributed by atoms with Crippen LogP contribution in [0.5, 0.6) is 0 Å². The van der Waals surface area contributed by atoms with Gasteiger partial charge in [0.15, 0.2) is 5.82 Å². The fourth-order valence-electron chi connectivity index (χ4n) is 1.34. The summed E-state index contributed by atoms with van der Waals surface area (Å²) in [7, 11) is 0. The highest BCUT2D eigenvalue weighted by atomic mass is 79.9. The number of nitrogens with zero attached hydrogens (tertiary/aromatic N) is 2. The van der Waals surface area contributed by atoms with Crippen molar-refractivity contribution in [2.24, 2.45) is 0 Å². The van der Waals surface area contributed by atoms with Crippen molar-refractivity contribution < 1.29 is 9.32 Å². The second-order valence-electron chi connectivity index (χ2n) is 3.65. The topological polar surface area (TPSA) is 94.0 Å². The number of nitrogens with two attached hydrogens (primary N) is 1. The summed E-state index contributed by atoms with van der Waals surface area (Å²) in [5.41, 5.74) is 6.74. The van der Waals surface area contributed by atoms with Crippen LogP contribution in [-0.2, 0) is 6.54 Å². The number of benzene rings is 1. The number of hydrogen-bond donors (Lipinski definition) is 2. The van der Waals surface area contributed by atoms with E-state index < -0.39 is 0 Å². The number of amides is 1. The zero-order valence-corrected chi connectivity index (χ0v) is 11.2. The van der Waals surface area contributed by atoms with Crippen LogP contribution in [0.3, 0.4) is 0 Å². The molecule has 2 aromatic rings. The fourth-order valence-corrected chi connectivity index (χ4v) is 1.72. The average molecular weight is 311 g/mol. The van der Waals surface area contributed by atoms with Gasteiger partial charge in [-0.2, -0.15) is 4.98 Å². The average Bonchev–Trinajstić information content (AvgIpc) is 2.75. The maximum Gasteiger partial charge on any atom is 0.251 e. The second kappa shape index (κ2) is 5.18. The van der Waals surface area contributed by atoms with Crippen LogP contribution < -0.4 is 11.1 Å². The third-order valence-corrected chi connectivity index (χ3v) is 2.93. The fraction of sp³-hybridized carbons (Fsp3) is 0.182. The smallest absolute Gasteiger partial charge is 0.251 e. The standard InChI is InChI=1S/C11H11BrN4O2/c1-6-15-10(16-18-6)5-14-11(17)7-2-3-9(13)8(12)4-7/h2-4H,5,13H2,1H3,(H,14,17). The molecule has 3 N–H and O–H groups in total. The Morgan fingerprint density at radius 2 is 2.33 bits per heavy atom. The number of carbonyl (C=O) groups is 1. The maximum absolute atomic E-state index is 11.8. The number of carbonyl (C=O) groups excluding carboxylic acids is 1. The lowest BCUT2D eigenvalue weighted by Gasteiger charge is -2.04. The molecule has 0 aliphatic heterocycles. The number of aryl methyl sites for hydroxylation is 1. The van der Waals surface area contributed by atoms with Gasteiger partial charge in [-0.3, -0.25) is 4.79 Å². The normalized spacial score (nSPS) is 10.3. The predicted molar refractivity (Wildman–Crippen MR) is 68.8 cm³/mol. The second-order valence-corrected chi connectivity index (χ2v) is 4.50. The van der Waals surface area contributed by atoms with Gasteiger partial charge in [-0.05, 0) is 34.1 Å². The van der Waals surface area contributed by atoms with E-state index in [9.17, 15) is 4.79 Å². The van der Waals surface area contributed by atoms with Gasteiger partial charge < -0.3 is 15.6 Å². The van der Waals surface area contributed by atoms with Crippen molar-refractivity contribution in [3.63, 3.8) is 0 Å². The minimum absolute atomic E-state index is 0.220. The van der Waals surface area contributed by atoms with Crippen molar-refractivity contribution in [3.8, 4) is 0 Å². The number of nitrogen functional groups attached to an aromatic ring is 1. The lowest BCUT2D eigenvalue weighted by atomic mass is 10.2. The highest BCUT2D eigenvalue weighted by Gasteiger charge is 2.09. The quantitative estimate of drug-likeness (QED) is 0.841. The molecule has 0 fully saturated rings. The van der Waals surface area contributed by atoms with Gasteiger partial charge in [-0.1, -0.05) is 5.16 Å². The van der Waals surface area contributed by atoms with Crippen LogP contribution in [0.25, 0.3) is 0 Å². The molecule has 1 heterocycles. The van der Waals surface area contributed by atoms with Crippen LogP contribution in [0.15, 0.2) is 27.2 Å². The number of nitrogens with one attached hydrogen (secondary N) is 1. The molecule has 0 radical (unpaired) electrons. The van der Waals surface area contributed by atoms with E-state index in [-0.39, 0.29) is 12.5 Å². The molecule has 0 spiro atoms. The Hall–Kier alpha value is -1.89. The summed E-state index contributed by atoms with van der Waals surface area (Å²) in [5.74, 6) is 0.683. The predicted octanol–water partition coefficient (Wildman–Crippen LogP) is 1.65. The molecule has 0 unspecified atom stereocenters. The zero-order valence-electron chi connectivity index (χ0n) is 9.61. The lowest BCUT2D eigenvalue weighted by Crippen LogP contribution is -2.23. The Labute approximate surface area is 112 Å². The monoisotopic (exact) mass is 310 g/mol. The molecule has 7 heteroatoms. The van der Waals surface area contributed by atoms with E-state index in [0.29, 0.717) is 27.4 Å². The van der Waals surface area contributed by atoms with Gasteiger partial charge in [0, 0.05) is 22.6 Å². The van der Waals surface area contributed by atoms with E-state index in [0.717, 1.165) is 0 Å². The van der Waals surface area contributed by atoms with Gasteiger partial charge in [0.2, 0.25) is 5.89 Å². The Morgan fingerprint density at radius 3 is 2.94 bits per heavy atom. The van der Waals surface area contributed by atoms with E-state index in [4.69, 9.17) is 10.3 Å². The summed E-state index contributed by atoms with van der Waals surface area (Å²) < 4.78 is 5.49. The molecule has 0 aliphatic carbocycles. The Balaban J connectivity index is 2.01. The number of rotatable bonds is 3. The summed E-state index contributed by atoms with van der Waals surface area (Å²) in [5, 5.41) is 6.37. The summed E-state index contributed by atoms with van der Waals surface area (Å²) >= 11 is 3.27. The number of hydrogen-bond acceptors (Lipinski definition) is 5. The van der Waals surface area contributed by atoms with Gasteiger partial charge in [-0.25, -0.2) is 0 Å². The van der Waals surface area contributed by atoms with Crippen LogP contribution in [0, 0.1) is 6.92 Å². The van der Waals surface area contributed by atoms with Crippen molar-refractivity contribution in [2.45, 2.75) is 13.5 Å². The van der Waals surface area contributed by atoms with E-state index >= 15 is 0 Å². The van der Waals surface area contributed by atoms with Crippen molar-refractivity contribution in [2.75, 3.05) is 5.73 Å². The first-order valence-electron chi connectivity index (χ1n) is 5.18. The van der Waals surface area contributed by atoms with Gasteiger partial charge in [0.25, 0.3) is 5.91 Å². The summed E-state index contributed by atoms with van der Waals surface area (Å²) in [4.78, 5) is 15.8. The van der Waals surface area contributed by atoms with E-state index in [1.54, 1.807) is 25.1 Å². The molecule has 6 nitrogen and oxygen atoms in total. The number of aromatic nitrogens is 2. The van der Waals surface area contributed by atoms with Crippen molar-refractivity contribution in [1.82, 2.24) is 15.5 Å². The summed E-state index contributed by atoms with van der Waals surface area (Å²) in [6.07, 6.45) is 0. The third-order valence-electron chi connectivity index (χ3n) is 2.24. The molecule has 1 amide bonds. The molecular formula is C11H11BrN4O2. The molecular weight excluding hydrogens is 300 g/mol. The molecule has 94 valence electrons. The third kappa shape index (κ3) is 2.86. The lowest BCUT2D eigenvalue weighted by molar-refractivity contribution is 0.0949. The Morgan fingerprint density at radius 1 is 1.56 bits per heavy atom. The molecule has 0 aliphatic rings. The van der Waals surface area contributed by atoms with Crippen LogP contribution in [0.1, 0.15) is 22.1 Å². The highest BCUT2D eigenvalue weighted by Crippen LogP contribution is 2.20. The molecule has 0 atom stereocenters. The summed E-state index contributed by atoms with van der Waals surface area (Å²) in [6, 6.07) is 4.97. The Bertz CT molecular complexity index is 582. The van der Waals surface area contributed by atoms with Crippen LogP contribution in [0.4, 0.5) is 5.69 Å². The zero-order chi connectivity index (χ0) is 13.1. The van der Waals surface area contributed by atoms with Crippen molar-refractivity contribution >= 4 is 27.5 Å². The van der Waals surface area contributed by atoms with Crippen molar-refractivity contribution in [1.29, 1.82) is 0 Å². The summed E-state index contributed by atoms with van der Waals surface area (Å²) in [6.45, 7) is 1.91. The molecule has 2 rings (SSSR count). The number of anilines is 1. The van der Waals surface area contributed by atoms with E-state index in [2.05, 4.69) is 31.4 Å². The maximum atomic E-state index is 11.8. The molecule has 1 aromatic heterocycles. The minimum Gasteiger partial charge on any atom is -0.398 e. The van der Waals surface area contributed by atoms with E-state index in [1.807, 2.05) is 0 Å². The molecule has 0 bridgehead atoms. The van der Waals surface area contributed by atoms with E-state index in [1.165, 1.54) is 0 Å². The highest BCUT2D eigenvalue weighted by molar-refractivity contribution is 9.10. The molecule has 1 aromatic carbocycles. The Kier molecular flexibility index (Phi) is 3.61. The SMILES string of the molecule is Cc1nc(CNC(=O)c2ccc(N)c(Br)c2)no1. The van der Waals surface area contributed by atoms with Gasteiger partial charge >= 0.3 is 0 Å².